The van der Waals surface area contributed by atoms with E-state index in [1.165, 1.54) is 33.6 Å². The number of carbonyl (C=O) groups is 1. The number of nitrogens with zero attached hydrogens (tertiary/aromatic N) is 3. The highest BCUT2D eigenvalue weighted by Crippen LogP contribution is 2.25. The van der Waals surface area contributed by atoms with Crippen molar-refractivity contribution < 1.29 is 4.79 Å². The molecule has 26 heavy (non-hydrogen) atoms. The molecular weight excluding hydrogens is 390 g/mol. The number of aromatic nitrogens is 2. The molecule has 3 aromatic rings. The molecule has 8 heteroatoms. The van der Waals surface area contributed by atoms with Crippen molar-refractivity contribution in [1.29, 1.82) is 0 Å². The molecule has 136 valence electrons. The van der Waals surface area contributed by atoms with Gasteiger partial charge in [-0.25, -0.2) is 4.98 Å². The minimum absolute atomic E-state index is 0.0525. The standard InChI is InChI=1S/C18H18ClN3O2S2/c1-4-7-21(8-13-5-6-14(19)26-13)15(23)9-22-10-20-17-16(18(22)24)11(2)12(3)25-17/h4-6,10H,1,7-9H2,2-3H3. The van der Waals surface area contributed by atoms with Gasteiger partial charge in [0.2, 0.25) is 5.91 Å². The second-order valence-electron chi connectivity index (χ2n) is 5.91. The van der Waals surface area contributed by atoms with Crippen LogP contribution < -0.4 is 5.56 Å². The molecule has 3 aromatic heterocycles. The van der Waals surface area contributed by atoms with E-state index in [-0.39, 0.29) is 18.0 Å². The van der Waals surface area contributed by atoms with Crippen LogP contribution >= 0.6 is 34.3 Å². The first-order valence-corrected chi connectivity index (χ1v) is 9.99. The van der Waals surface area contributed by atoms with Gasteiger partial charge in [-0.15, -0.1) is 29.3 Å². The Morgan fingerprint density at radius 2 is 2.15 bits per heavy atom. The SMILES string of the molecule is C=CCN(Cc1ccc(Cl)s1)C(=O)Cn1cnc2sc(C)c(C)c2c1=O. The fraction of sp³-hybridized carbons (Fsp3) is 0.278. The first-order valence-electron chi connectivity index (χ1n) is 7.98. The predicted octanol–water partition coefficient (Wildman–Crippen LogP) is 4.00. The van der Waals surface area contributed by atoms with E-state index in [2.05, 4.69) is 11.6 Å². The van der Waals surface area contributed by atoms with Crippen LogP contribution in [0.3, 0.4) is 0 Å². The van der Waals surface area contributed by atoms with E-state index in [0.29, 0.717) is 27.6 Å². The lowest BCUT2D eigenvalue weighted by atomic mass is 10.2. The van der Waals surface area contributed by atoms with Gasteiger partial charge < -0.3 is 4.90 Å². The molecule has 3 rings (SSSR count). The minimum Gasteiger partial charge on any atom is -0.332 e. The summed E-state index contributed by atoms with van der Waals surface area (Å²) in [5.74, 6) is -0.165. The van der Waals surface area contributed by atoms with E-state index < -0.39 is 0 Å². The Labute approximate surface area is 164 Å². The molecule has 0 saturated carbocycles. The van der Waals surface area contributed by atoms with Crippen LogP contribution in [-0.4, -0.2) is 26.9 Å². The fourth-order valence-corrected chi connectivity index (χ4v) is 4.75. The molecule has 0 saturated heterocycles. The topological polar surface area (TPSA) is 55.2 Å². The van der Waals surface area contributed by atoms with Crippen LogP contribution in [0.1, 0.15) is 15.3 Å². The van der Waals surface area contributed by atoms with Crippen LogP contribution in [0.5, 0.6) is 0 Å². The molecule has 0 atom stereocenters. The van der Waals surface area contributed by atoms with Crippen molar-refractivity contribution in [3.05, 3.63) is 61.1 Å². The summed E-state index contributed by atoms with van der Waals surface area (Å²) in [6.45, 7) is 8.37. The highest BCUT2D eigenvalue weighted by atomic mass is 35.5. The summed E-state index contributed by atoms with van der Waals surface area (Å²) in [4.78, 5) is 34.3. The van der Waals surface area contributed by atoms with Crippen LogP contribution in [0.2, 0.25) is 4.34 Å². The number of hydrogen-bond donors (Lipinski definition) is 0. The van der Waals surface area contributed by atoms with Gasteiger partial charge in [-0.2, -0.15) is 0 Å². The second kappa shape index (κ2) is 7.73. The Hall–Kier alpha value is -1.96. The zero-order chi connectivity index (χ0) is 18.8. The molecule has 0 aliphatic carbocycles. The zero-order valence-corrected chi connectivity index (χ0v) is 16.9. The number of halogens is 1. The Balaban J connectivity index is 1.86. The highest BCUT2D eigenvalue weighted by molar-refractivity contribution is 7.18. The summed E-state index contributed by atoms with van der Waals surface area (Å²) in [5, 5.41) is 0.600. The van der Waals surface area contributed by atoms with E-state index in [4.69, 9.17) is 11.6 Å². The van der Waals surface area contributed by atoms with Crippen LogP contribution in [0.4, 0.5) is 0 Å². The van der Waals surface area contributed by atoms with Gasteiger partial charge in [-0.3, -0.25) is 14.2 Å². The third kappa shape index (κ3) is 3.75. The Morgan fingerprint density at radius 3 is 2.81 bits per heavy atom. The van der Waals surface area contributed by atoms with Crippen LogP contribution in [0.25, 0.3) is 10.2 Å². The fourth-order valence-electron chi connectivity index (χ4n) is 2.66. The molecule has 0 spiro atoms. The molecule has 0 aliphatic rings. The van der Waals surface area contributed by atoms with Gasteiger partial charge in [0.05, 0.1) is 22.6 Å². The number of thiophene rings is 2. The first-order chi connectivity index (χ1) is 12.4. The quantitative estimate of drug-likeness (QED) is 0.580. The summed E-state index contributed by atoms with van der Waals surface area (Å²) >= 11 is 8.89. The number of hydrogen-bond acceptors (Lipinski definition) is 5. The van der Waals surface area contributed by atoms with E-state index in [9.17, 15) is 9.59 Å². The first kappa shape index (κ1) is 18.8. The summed E-state index contributed by atoms with van der Waals surface area (Å²) < 4.78 is 2.06. The highest BCUT2D eigenvalue weighted by Gasteiger charge is 2.17. The van der Waals surface area contributed by atoms with Gasteiger partial charge in [-0.1, -0.05) is 17.7 Å². The number of aryl methyl sites for hydroxylation is 2. The van der Waals surface area contributed by atoms with Crippen LogP contribution in [0.15, 0.2) is 35.9 Å². The smallest absolute Gasteiger partial charge is 0.262 e. The van der Waals surface area contributed by atoms with E-state index >= 15 is 0 Å². The van der Waals surface area contributed by atoms with Crippen molar-refractivity contribution >= 4 is 50.4 Å². The van der Waals surface area contributed by atoms with Crippen molar-refractivity contribution in [1.82, 2.24) is 14.5 Å². The third-order valence-electron chi connectivity index (χ3n) is 4.14. The summed E-state index contributed by atoms with van der Waals surface area (Å²) in [6.07, 6.45) is 3.12. The van der Waals surface area contributed by atoms with Gasteiger partial charge in [-0.05, 0) is 31.5 Å². The molecular formula is C18H18ClN3O2S2. The minimum atomic E-state index is -0.178. The maximum Gasteiger partial charge on any atom is 0.262 e. The number of amides is 1. The predicted molar refractivity (Wildman–Crippen MR) is 108 cm³/mol. The third-order valence-corrected chi connectivity index (χ3v) is 6.47. The Bertz CT molecular complexity index is 1030. The normalized spacial score (nSPS) is 11.0. The summed E-state index contributed by atoms with van der Waals surface area (Å²) in [6, 6.07) is 3.70. The number of carbonyl (C=O) groups excluding carboxylic acids is 1. The van der Waals surface area contributed by atoms with E-state index in [1.807, 2.05) is 26.0 Å². The second-order valence-corrected chi connectivity index (χ2v) is 8.91. The maximum absolute atomic E-state index is 12.8. The van der Waals surface area contributed by atoms with Gasteiger partial charge in [0.1, 0.15) is 11.4 Å². The lowest BCUT2D eigenvalue weighted by molar-refractivity contribution is -0.131. The van der Waals surface area contributed by atoms with Crippen molar-refractivity contribution in [3.63, 3.8) is 0 Å². The van der Waals surface area contributed by atoms with Crippen molar-refractivity contribution in [2.24, 2.45) is 0 Å². The molecule has 5 nitrogen and oxygen atoms in total. The lowest BCUT2D eigenvalue weighted by Crippen LogP contribution is -2.36. The van der Waals surface area contributed by atoms with Gasteiger partial charge in [0.15, 0.2) is 0 Å². The maximum atomic E-state index is 12.8. The molecule has 1 amide bonds. The Morgan fingerprint density at radius 1 is 1.38 bits per heavy atom. The number of fused-ring (bicyclic) bond motifs is 1. The average molecular weight is 408 g/mol. The zero-order valence-electron chi connectivity index (χ0n) is 14.5. The molecule has 0 unspecified atom stereocenters. The molecule has 0 N–H and O–H groups in total. The monoisotopic (exact) mass is 407 g/mol. The van der Waals surface area contributed by atoms with Crippen molar-refractivity contribution in [2.45, 2.75) is 26.9 Å². The van der Waals surface area contributed by atoms with Crippen LogP contribution in [0, 0.1) is 13.8 Å². The molecule has 3 heterocycles. The summed E-state index contributed by atoms with van der Waals surface area (Å²) in [5.41, 5.74) is 0.753. The molecule has 0 bridgehead atoms. The van der Waals surface area contributed by atoms with Crippen molar-refractivity contribution in [3.8, 4) is 0 Å². The molecule has 0 aliphatic heterocycles. The average Bonchev–Trinajstić information content (AvgIpc) is 3.13. The van der Waals surface area contributed by atoms with E-state index in [1.54, 1.807) is 11.0 Å². The Kier molecular flexibility index (Phi) is 5.60. The number of rotatable bonds is 6. The van der Waals surface area contributed by atoms with Gasteiger partial charge in [0, 0.05) is 16.3 Å². The molecule has 0 radical (unpaired) electrons. The van der Waals surface area contributed by atoms with Gasteiger partial charge >= 0.3 is 0 Å². The van der Waals surface area contributed by atoms with E-state index in [0.717, 1.165) is 15.3 Å². The molecule has 0 fully saturated rings. The lowest BCUT2D eigenvalue weighted by Gasteiger charge is -2.20. The largest absolute Gasteiger partial charge is 0.332 e. The van der Waals surface area contributed by atoms with Gasteiger partial charge in [0.25, 0.3) is 5.56 Å². The van der Waals surface area contributed by atoms with Crippen molar-refractivity contribution in [2.75, 3.05) is 6.54 Å². The summed E-state index contributed by atoms with van der Waals surface area (Å²) in [7, 11) is 0. The van der Waals surface area contributed by atoms with Crippen LogP contribution in [-0.2, 0) is 17.9 Å². The molecule has 0 aromatic carbocycles.